The molecule has 0 spiro atoms. The molecule has 0 radical (unpaired) electrons. The normalized spacial score (nSPS) is 42.5. The van der Waals surface area contributed by atoms with E-state index in [0.717, 1.165) is 55.6 Å². The Bertz CT molecular complexity index is 467. The van der Waals surface area contributed by atoms with Crippen molar-refractivity contribution in [3.63, 3.8) is 0 Å². The lowest BCUT2D eigenvalue weighted by atomic mass is 9.51. The molecule has 6 rings (SSSR count). The molecule has 20 heavy (non-hydrogen) atoms. The quantitative estimate of drug-likeness (QED) is 0.851. The van der Waals surface area contributed by atoms with Crippen LogP contribution in [0.3, 0.4) is 0 Å². The number of fused-ring (bicyclic) bond motifs is 1. The second kappa shape index (κ2) is 4.33. The zero-order valence-electron chi connectivity index (χ0n) is 12.2. The van der Waals surface area contributed by atoms with Gasteiger partial charge in [0.1, 0.15) is 0 Å². The maximum Gasteiger partial charge on any atom is 0.0663 e. The third-order valence-electron chi connectivity index (χ3n) is 6.51. The first kappa shape index (κ1) is 11.8. The predicted molar refractivity (Wildman–Crippen MR) is 78.6 cm³/mol. The van der Waals surface area contributed by atoms with Crippen LogP contribution in [-0.2, 0) is 13.0 Å². The van der Waals surface area contributed by atoms with Crippen LogP contribution >= 0.6 is 0 Å². The van der Waals surface area contributed by atoms with Gasteiger partial charge in [-0.2, -0.15) is 5.10 Å². The molecule has 0 saturated heterocycles. The predicted octanol–water partition coefficient (Wildman–Crippen LogP) is 2.57. The van der Waals surface area contributed by atoms with Crippen molar-refractivity contribution in [3.05, 3.63) is 17.5 Å². The summed E-state index contributed by atoms with van der Waals surface area (Å²) in [4.78, 5) is 0. The number of hydrogen-bond donors (Lipinski definition) is 1. The molecule has 2 heterocycles. The molecule has 0 amide bonds. The highest BCUT2D eigenvalue weighted by Gasteiger charge is 2.49. The van der Waals surface area contributed by atoms with E-state index in [1.165, 1.54) is 37.1 Å². The van der Waals surface area contributed by atoms with Crippen molar-refractivity contribution in [1.29, 1.82) is 0 Å². The molecule has 0 aromatic carbocycles. The Morgan fingerprint density at radius 2 is 1.75 bits per heavy atom. The maximum atomic E-state index is 5.03. The lowest BCUT2D eigenvalue weighted by Crippen LogP contribution is -2.43. The lowest BCUT2D eigenvalue weighted by molar-refractivity contribution is -0.00434. The second-order valence-electron chi connectivity index (χ2n) is 7.74. The summed E-state index contributed by atoms with van der Waals surface area (Å²) >= 11 is 0. The topological polar surface area (TPSA) is 29.9 Å². The largest absolute Gasteiger partial charge is 0.315 e. The number of rotatable bonds is 1. The molecule has 4 saturated carbocycles. The molecule has 108 valence electrons. The van der Waals surface area contributed by atoms with E-state index < -0.39 is 0 Å². The average molecular weight is 271 g/mol. The van der Waals surface area contributed by atoms with Crippen LogP contribution in [0, 0.1) is 23.7 Å². The molecule has 0 unspecified atom stereocenters. The molecule has 1 N–H and O–H groups in total. The van der Waals surface area contributed by atoms with Gasteiger partial charge in [-0.1, -0.05) is 0 Å². The van der Waals surface area contributed by atoms with Crippen molar-refractivity contribution >= 4 is 0 Å². The molecule has 4 bridgehead atoms. The van der Waals surface area contributed by atoms with Crippen molar-refractivity contribution < 1.29 is 0 Å². The summed E-state index contributed by atoms with van der Waals surface area (Å²) in [6.07, 6.45) is 8.71. The fourth-order valence-electron chi connectivity index (χ4n) is 5.97. The minimum absolute atomic E-state index is 0.801. The van der Waals surface area contributed by atoms with E-state index >= 15 is 0 Å². The van der Waals surface area contributed by atoms with Gasteiger partial charge in [0.2, 0.25) is 0 Å². The average Bonchev–Trinajstić information content (AvgIpc) is 2.68. The first-order valence-electron chi connectivity index (χ1n) is 8.64. The van der Waals surface area contributed by atoms with Crippen LogP contribution in [0.5, 0.6) is 0 Å². The molecular formula is C17H25N3. The van der Waals surface area contributed by atoms with Crippen LogP contribution in [0.2, 0.25) is 0 Å². The Hall–Kier alpha value is -0.830. The minimum Gasteiger partial charge on any atom is -0.315 e. The fraction of sp³-hybridized carbons (Fsp3) is 0.824. The molecule has 3 heteroatoms. The van der Waals surface area contributed by atoms with Gasteiger partial charge in [0.15, 0.2) is 0 Å². The lowest BCUT2D eigenvalue weighted by Gasteiger charge is -2.54. The summed E-state index contributed by atoms with van der Waals surface area (Å²) in [7, 11) is 0. The molecule has 1 aromatic rings. The highest BCUT2D eigenvalue weighted by Crippen LogP contribution is 2.59. The van der Waals surface area contributed by atoms with Gasteiger partial charge in [-0.05, 0) is 61.8 Å². The number of hydrogen-bond acceptors (Lipinski definition) is 2. The smallest absolute Gasteiger partial charge is 0.0663 e. The number of aromatic nitrogens is 2. The van der Waals surface area contributed by atoms with Gasteiger partial charge in [0.05, 0.1) is 12.2 Å². The van der Waals surface area contributed by atoms with E-state index in [-0.39, 0.29) is 0 Å². The Labute approximate surface area is 121 Å². The SMILES string of the molecule is c1c(C2C3CC4CC(C3)CC2C4)nn2c1CCNCC2. The summed E-state index contributed by atoms with van der Waals surface area (Å²) < 4.78 is 2.29. The first-order chi connectivity index (χ1) is 9.87. The van der Waals surface area contributed by atoms with E-state index in [9.17, 15) is 0 Å². The van der Waals surface area contributed by atoms with E-state index in [1.807, 2.05) is 0 Å². The standard InChI is InChI=1S/C17H25N3/c1-2-18-3-4-20-15(1)10-16(19-20)17-13-6-11-5-12(8-13)9-14(17)7-11/h10-14,17-18H,1-9H2. The second-order valence-corrected chi connectivity index (χ2v) is 7.74. The summed E-state index contributed by atoms with van der Waals surface area (Å²) in [5.74, 6) is 4.86. The van der Waals surface area contributed by atoms with Gasteiger partial charge >= 0.3 is 0 Å². The molecule has 5 aliphatic rings. The molecule has 4 aliphatic carbocycles. The summed E-state index contributed by atoms with van der Waals surface area (Å²) in [5, 5.41) is 8.50. The van der Waals surface area contributed by atoms with Crippen molar-refractivity contribution in [2.45, 2.75) is 51.0 Å². The zero-order valence-corrected chi connectivity index (χ0v) is 12.2. The minimum atomic E-state index is 0.801. The monoisotopic (exact) mass is 271 g/mol. The van der Waals surface area contributed by atoms with Gasteiger partial charge < -0.3 is 5.32 Å². The molecule has 0 atom stereocenters. The summed E-state index contributed by atoms with van der Waals surface area (Å²) in [5.41, 5.74) is 2.93. The van der Waals surface area contributed by atoms with E-state index in [2.05, 4.69) is 16.1 Å². The van der Waals surface area contributed by atoms with Crippen LogP contribution in [0.25, 0.3) is 0 Å². The summed E-state index contributed by atoms with van der Waals surface area (Å²) in [6, 6.07) is 2.46. The maximum absolute atomic E-state index is 5.03. The van der Waals surface area contributed by atoms with Gasteiger partial charge in [0.25, 0.3) is 0 Å². The number of nitrogens with one attached hydrogen (secondary N) is 1. The molecule has 3 nitrogen and oxygen atoms in total. The van der Waals surface area contributed by atoms with Gasteiger partial charge in [-0.25, -0.2) is 0 Å². The molecular weight excluding hydrogens is 246 g/mol. The van der Waals surface area contributed by atoms with Crippen LogP contribution in [0.15, 0.2) is 6.07 Å². The molecule has 4 fully saturated rings. The fourth-order valence-corrected chi connectivity index (χ4v) is 5.97. The van der Waals surface area contributed by atoms with Crippen LogP contribution in [-0.4, -0.2) is 22.9 Å². The molecule has 1 aliphatic heterocycles. The van der Waals surface area contributed by atoms with E-state index in [4.69, 9.17) is 5.10 Å². The van der Waals surface area contributed by atoms with Crippen molar-refractivity contribution in [2.75, 3.05) is 13.1 Å². The van der Waals surface area contributed by atoms with Gasteiger partial charge in [0, 0.05) is 31.1 Å². The van der Waals surface area contributed by atoms with Crippen LogP contribution in [0.4, 0.5) is 0 Å². The van der Waals surface area contributed by atoms with E-state index in [1.54, 1.807) is 6.42 Å². The first-order valence-corrected chi connectivity index (χ1v) is 8.64. The Morgan fingerprint density at radius 3 is 2.50 bits per heavy atom. The van der Waals surface area contributed by atoms with Gasteiger partial charge in [-0.15, -0.1) is 0 Å². The van der Waals surface area contributed by atoms with Crippen molar-refractivity contribution in [3.8, 4) is 0 Å². The van der Waals surface area contributed by atoms with Crippen molar-refractivity contribution in [1.82, 2.24) is 15.1 Å². The highest BCUT2D eigenvalue weighted by molar-refractivity contribution is 5.21. The highest BCUT2D eigenvalue weighted by atomic mass is 15.3. The zero-order chi connectivity index (χ0) is 13.1. The van der Waals surface area contributed by atoms with Crippen LogP contribution < -0.4 is 5.32 Å². The third-order valence-corrected chi connectivity index (χ3v) is 6.51. The summed E-state index contributed by atoms with van der Waals surface area (Å²) in [6.45, 7) is 3.26. The molecule has 1 aromatic heterocycles. The Morgan fingerprint density at radius 1 is 1.00 bits per heavy atom. The Balaban J connectivity index is 1.48. The van der Waals surface area contributed by atoms with Crippen molar-refractivity contribution in [2.24, 2.45) is 23.7 Å². The van der Waals surface area contributed by atoms with E-state index in [0.29, 0.717) is 0 Å². The number of nitrogens with zero attached hydrogens (tertiary/aromatic N) is 2. The van der Waals surface area contributed by atoms with Crippen LogP contribution in [0.1, 0.15) is 49.4 Å². The Kier molecular flexibility index (Phi) is 2.55. The third kappa shape index (κ3) is 1.71. The van der Waals surface area contributed by atoms with Gasteiger partial charge in [-0.3, -0.25) is 4.68 Å².